The summed E-state index contributed by atoms with van der Waals surface area (Å²) < 4.78 is 32.7. The summed E-state index contributed by atoms with van der Waals surface area (Å²) in [7, 11) is 0. The van der Waals surface area contributed by atoms with Crippen molar-refractivity contribution in [1.82, 2.24) is 10.5 Å². The second-order valence-corrected chi connectivity index (χ2v) is 6.67. The third-order valence-corrected chi connectivity index (χ3v) is 5.07. The highest BCUT2D eigenvalue weighted by atomic mass is 19.3. The minimum absolute atomic E-state index is 0.116. The van der Waals surface area contributed by atoms with Gasteiger partial charge in [-0.2, -0.15) is 0 Å². The van der Waals surface area contributed by atoms with Crippen molar-refractivity contribution in [3.63, 3.8) is 0 Å². The van der Waals surface area contributed by atoms with E-state index >= 15 is 0 Å². The molecule has 4 rings (SSSR count). The summed E-state index contributed by atoms with van der Waals surface area (Å²) in [5.41, 5.74) is 2.83. The van der Waals surface area contributed by atoms with Crippen LogP contribution in [0.3, 0.4) is 0 Å². The van der Waals surface area contributed by atoms with Crippen LogP contribution in [0.2, 0.25) is 0 Å². The van der Waals surface area contributed by atoms with E-state index < -0.39 is 24.0 Å². The number of benzene rings is 1. The molecule has 2 aliphatic rings. The smallest absolute Gasteiger partial charge is 0.275 e. The molecule has 2 atom stereocenters. The van der Waals surface area contributed by atoms with E-state index in [-0.39, 0.29) is 18.5 Å². The number of aliphatic hydroxyl groups is 1. The third kappa shape index (κ3) is 2.72. The summed E-state index contributed by atoms with van der Waals surface area (Å²) in [6, 6.07) is 6.75. The highest BCUT2D eigenvalue weighted by Crippen LogP contribution is 2.36. The number of nitrogens with one attached hydrogen (secondary N) is 1. The van der Waals surface area contributed by atoms with E-state index in [4.69, 9.17) is 4.52 Å². The molecular weight excluding hydrogens is 330 g/mol. The zero-order valence-corrected chi connectivity index (χ0v) is 13.5. The minimum atomic E-state index is -3.18. The third-order valence-electron chi connectivity index (χ3n) is 5.07. The molecule has 2 aromatic rings. The second kappa shape index (κ2) is 5.91. The molecule has 25 heavy (non-hydrogen) atoms. The Morgan fingerprint density at radius 1 is 1.32 bits per heavy atom. The lowest BCUT2D eigenvalue weighted by Gasteiger charge is -2.34. The Bertz CT molecular complexity index is 818. The number of hydrogen-bond donors (Lipinski definition) is 2. The zero-order valence-electron chi connectivity index (χ0n) is 13.5. The van der Waals surface area contributed by atoms with Crippen LogP contribution >= 0.6 is 0 Å². The second-order valence-electron chi connectivity index (χ2n) is 6.67. The number of carbonyl (C=O) groups excluding carboxylic acids is 1. The number of nitrogens with zero attached hydrogens (tertiary/aromatic N) is 1. The molecular formula is C18H18F2N2O3. The van der Waals surface area contributed by atoms with Crippen molar-refractivity contribution in [3.05, 3.63) is 41.1 Å². The van der Waals surface area contributed by atoms with E-state index in [1.807, 2.05) is 24.3 Å². The van der Waals surface area contributed by atoms with Crippen LogP contribution in [0.1, 0.15) is 40.9 Å². The van der Waals surface area contributed by atoms with Crippen molar-refractivity contribution >= 4 is 5.91 Å². The molecule has 1 aromatic heterocycles. The van der Waals surface area contributed by atoms with E-state index in [1.54, 1.807) is 0 Å². The number of carbonyl (C=O) groups is 1. The molecule has 0 aliphatic heterocycles. The molecule has 1 saturated carbocycles. The lowest BCUT2D eigenvalue weighted by Crippen LogP contribution is -2.54. The number of alkyl halides is 2. The minimum Gasteiger partial charge on any atom is -0.385 e. The quantitative estimate of drug-likeness (QED) is 0.875. The van der Waals surface area contributed by atoms with Gasteiger partial charge in [-0.3, -0.25) is 4.79 Å². The van der Waals surface area contributed by atoms with Crippen LogP contribution in [0.25, 0.3) is 11.3 Å². The molecule has 1 amide bonds. The molecule has 2 N–H and O–H groups in total. The van der Waals surface area contributed by atoms with Crippen LogP contribution in [-0.2, 0) is 12.8 Å². The molecule has 132 valence electrons. The SMILES string of the molecule is O=C(N[C@H]1CCCC(F)(F)[C@@H]1O)c1noc2c1CCc1ccccc1-2. The van der Waals surface area contributed by atoms with Gasteiger partial charge in [0.1, 0.15) is 6.10 Å². The summed E-state index contributed by atoms with van der Waals surface area (Å²) in [6.45, 7) is 0. The van der Waals surface area contributed by atoms with Gasteiger partial charge in [0.2, 0.25) is 0 Å². The fourth-order valence-corrected chi connectivity index (χ4v) is 3.70. The number of fused-ring (bicyclic) bond motifs is 3. The predicted molar refractivity (Wildman–Crippen MR) is 85.4 cm³/mol. The van der Waals surface area contributed by atoms with E-state index in [0.29, 0.717) is 24.2 Å². The number of aliphatic hydroxyl groups excluding tert-OH is 1. The maximum atomic E-state index is 13.6. The van der Waals surface area contributed by atoms with Crippen molar-refractivity contribution in [2.75, 3.05) is 0 Å². The first-order chi connectivity index (χ1) is 12.0. The van der Waals surface area contributed by atoms with Gasteiger partial charge in [0.25, 0.3) is 11.8 Å². The Balaban J connectivity index is 1.58. The zero-order chi connectivity index (χ0) is 17.6. The molecule has 7 heteroatoms. The van der Waals surface area contributed by atoms with E-state index in [2.05, 4.69) is 10.5 Å². The molecule has 0 bridgehead atoms. The summed E-state index contributed by atoms with van der Waals surface area (Å²) in [5.74, 6) is -3.20. The van der Waals surface area contributed by atoms with Gasteiger partial charge < -0.3 is 14.9 Å². The van der Waals surface area contributed by atoms with E-state index in [0.717, 1.165) is 17.5 Å². The van der Waals surface area contributed by atoms with Gasteiger partial charge >= 0.3 is 0 Å². The first kappa shape index (κ1) is 16.2. The summed E-state index contributed by atoms with van der Waals surface area (Å²) in [5, 5.41) is 16.2. The predicted octanol–water partition coefficient (Wildman–Crippen LogP) is 2.72. The number of amides is 1. The highest BCUT2D eigenvalue weighted by Gasteiger charge is 2.46. The average Bonchev–Trinajstić information content (AvgIpc) is 3.03. The number of hydrogen-bond acceptors (Lipinski definition) is 4. The van der Waals surface area contributed by atoms with Gasteiger partial charge in [-0.1, -0.05) is 29.4 Å². The number of rotatable bonds is 2. The van der Waals surface area contributed by atoms with Gasteiger partial charge in [0.15, 0.2) is 11.5 Å². The Morgan fingerprint density at radius 2 is 2.12 bits per heavy atom. The van der Waals surface area contributed by atoms with Gasteiger partial charge in [-0.15, -0.1) is 0 Å². The fraction of sp³-hybridized carbons (Fsp3) is 0.444. The van der Waals surface area contributed by atoms with Crippen LogP contribution in [0.15, 0.2) is 28.8 Å². The van der Waals surface area contributed by atoms with Crippen LogP contribution in [0.5, 0.6) is 0 Å². The Morgan fingerprint density at radius 3 is 2.96 bits per heavy atom. The molecule has 1 fully saturated rings. The topological polar surface area (TPSA) is 75.4 Å². The number of halogens is 2. The van der Waals surface area contributed by atoms with Gasteiger partial charge in [0.05, 0.1) is 6.04 Å². The van der Waals surface area contributed by atoms with Gasteiger partial charge in [-0.25, -0.2) is 8.78 Å². The van der Waals surface area contributed by atoms with Crippen molar-refractivity contribution in [3.8, 4) is 11.3 Å². The summed E-state index contributed by atoms with van der Waals surface area (Å²) in [6.07, 6.45) is -0.327. The number of aryl methyl sites for hydroxylation is 1. The molecule has 0 unspecified atom stereocenters. The van der Waals surface area contributed by atoms with Crippen molar-refractivity contribution in [2.24, 2.45) is 0 Å². The van der Waals surface area contributed by atoms with Crippen molar-refractivity contribution in [1.29, 1.82) is 0 Å². The lowest BCUT2D eigenvalue weighted by molar-refractivity contribution is -0.141. The summed E-state index contributed by atoms with van der Waals surface area (Å²) in [4.78, 5) is 12.5. The highest BCUT2D eigenvalue weighted by molar-refractivity contribution is 5.95. The first-order valence-corrected chi connectivity index (χ1v) is 8.41. The molecule has 0 spiro atoms. The molecule has 1 heterocycles. The average molecular weight is 348 g/mol. The first-order valence-electron chi connectivity index (χ1n) is 8.41. The fourth-order valence-electron chi connectivity index (χ4n) is 3.70. The molecule has 0 saturated heterocycles. The van der Waals surface area contributed by atoms with Crippen LogP contribution < -0.4 is 5.32 Å². The van der Waals surface area contributed by atoms with Crippen LogP contribution in [-0.4, -0.2) is 34.2 Å². The van der Waals surface area contributed by atoms with Crippen LogP contribution in [0, 0.1) is 0 Å². The normalized spacial score (nSPS) is 24.3. The van der Waals surface area contributed by atoms with E-state index in [9.17, 15) is 18.7 Å². The van der Waals surface area contributed by atoms with Crippen molar-refractivity contribution in [2.45, 2.75) is 50.2 Å². The Labute approximate surface area is 143 Å². The lowest BCUT2D eigenvalue weighted by atomic mass is 9.88. The van der Waals surface area contributed by atoms with E-state index in [1.165, 1.54) is 0 Å². The summed E-state index contributed by atoms with van der Waals surface area (Å²) >= 11 is 0. The Kier molecular flexibility index (Phi) is 3.83. The largest absolute Gasteiger partial charge is 0.385 e. The van der Waals surface area contributed by atoms with Gasteiger partial charge in [0, 0.05) is 17.5 Å². The van der Waals surface area contributed by atoms with Crippen LogP contribution in [0.4, 0.5) is 8.78 Å². The Hall–Kier alpha value is -2.28. The standard InChI is InChI=1S/C18H18F2N2O3/c19-18(20)9-3-6-13(16(18)23)21-17(24)14-12-8-7-10-4-1-2-5-11(10)15(12)25-22-14/h1-2,4-5,13,16,23H,3,6-9H2,(H,21,24)/t13-,16+/m0/s1. The monoisotopic (exact) mass is 348 g/mol. The molecule has 1 aromatic carbocycles. The molecule has 5 nitrogen and oxygen atoms in total. The number of aromatic nitrogens is 1. The maximum Gasteiger partial charge on any atom is 0.275 e. The molecule has 0 radical (unpaired) electrons. The van der Waals surface area contributed by atoms with Crippen molar-refractivity contribution < 1.29 is 23.2 Å². The maximum absolute atomic E-state index is 13.6. The molecule has 2 aliphatic carbocycles. The van der Waals surface area contributed by atoms with Gasteiger partial charge in [-0.05, 0) is 31.2 Å².